The summed E-state index contributed by atoms with van der Waals surface area (Å²) in [6.07, 6.45) is 1.67. The Morgan fingerprint density at radius 2 is 2.23 bits per heavy atom. The normalized spacial score (nSPS) is 24.8. The lowest BCUT2D eigenvalue weighted by molar-refractivity contribution is -0.0705. The molecule has 0 unspecified atom stereocenters. The van der Waals surface area contributed by atoms with Crippen LogP contribution in [0.25, 0.3) is 0 Å². The van der Waals surface area contributed by atoms with Crippen LogP contribution in [0.3, 0.4) is 0 Å². The third-order valence-electron chi connectivity index (χ3n) is 4.96. The molecule has 7 heteroatoms. The number of nitrogens with zero attached hydrogens (tertiary/aromatic N) is 2. The molecule has 0 saturated carbocycles. The maximum absolute atomic E-state index is 12.8. The van der Waals surface area contributed by atoms with Gasteiger partial charge in [-0.15, -0.1) is 0 Å². The second-order valence-corrected chi connectivity index (χ2v) is 8.82. The van der Waals surface area contributed by atoms with Crippen molar-refractivity contribution < 1.29 is 9.84 Å². The zero-order valence-corrected chi connectivity index (χ0v) is 16.0. The van der Waals surface area contributed by atoms with E-state index in [2.05, 4.69) is 18.9 Å². The highest BCUT2D eigenvalue weighted by atomic mass is 32.2. The van der Waals surface area contributed by atoms with Crippen molar-refractivity contribution in [2.45, 2.75) is 50.5 Å². The van der Waals surface area contributed by atoms with Gasteiger partial charge < -0.3 is 9.84 Å². The highest BCUT2D eigenvalue weighted by Gasteiger charge is 2.35. The van der Waals surface area contributed by atoms with E-state index in [9.17, 15) is 9.90 Å². The van der Waals surface area contributed by atoms with E-state index in [0.717, 1.165) is 23.4 Å². The molecule has 0 amide bonds. The highest BCUT2D eigenvalue weighted by molar-refractivity contribution is 8.14. The molecule has 1 aromatic heterocycles. The summed E-state index contributed by atoms with van der Waals surface area (Å²) in [7, 11) is 0. The fraction of sp³-hybridized carbons (Fsp3) is 0.474. The van der Waals surface area contributed by atoms with E-state index < -0.39 is 0 Å². The first kappa shape index (κ1) is 17.4. The monoisotopic (exact) mass is 373 g/mol. The van der Waals surface area contributed by atoms with Crippen molar-refractivity contribution in [1.82, 2.24) is 9.78 Å². The number of fused-ring (bicyclic) bond motifs is 1. The van der Waals surface area contributed by atoms with E-state index in [1.165, 1.54) is 0 Å². The van der Waals surface area contributed by atoms with Gasteiger partial charge in [-0.05, 0) is 51.3 Å². The molecule has 1 aromatic carbocycles. The summed E-state index contributed by atoms with van der Waals surface area (Å²) < 4.78 is 7.75. The maximum atomic E-state index is 12.8. The molecule has 2 aliphatic heterocycles. The van der Waals surface area contributed by atoms with Gasteiger partial charge in [0, 0.05) is 6.61 Å². The SMILES string of the molecule is CC1=Nc2c(c(=O)[nH]n2[C@H]2CCOC(C)(C)C2)[C@H](c2cccc(O)c2)S1. The van der Waals surface area contributed by atoms with Gasteiger partial charge >= 0.3 is 0 Å². The van der Waals surface area contributed by atoms with Crippen LogP contribution in [-0.4, -0.2) is 32.1 Å². The van der Waals surface area contributed by atoms with E-state index in [1.807, 2.05) is 17.7 Å². The van der Waals surface area contributed by atoms with Crippen LogP contribution in [0, 0.1) is 0 Å². The molecule has 0 aliphatic carbocycles. The minimum absolute atomic E-state index is 0.110. The van der Waals surface area contributed by atoms with Crippen LogP contribution in [0.5, 0.6) is 5.75 Å². The van der Waals surface area contributed by atoms with Gasteiger partial charge in [0.1, 0.15) is 5.75 Å². The third kappa shape index (κ3) is 3.10. The molecule has 3 heterocycles. The molecule has 26 heavy (non-hydrogen) atoms. The zero-order valence-electron chi connectivity index (χ0n) is 15.2. The first-order valence-corrected chi connectivity index (χ1v) is 9.71. The van der Waals surface area contributed by atoms with Crippen molar-refractivity contribution in [2.24, 2.45) is 4.99 Å². The van der Waals surface area contributed by atoms with Gasteiger partial charge in [0.05, 0.1) is 27.5 Å². The van der Waals surface area contributed by atoms with Gasteiger partial charge in [-0.3, -0.25) is 14.6 Å². The molecule has 1 fully saturated rings. The summed E-state index contributed by atoms with van der Waals surface area (Å²) in [6, 6.07) is 7.25. The molecule has 2 aromatic rings. The second-order valence-electron chi connectivity index (χ2n) is 7.53. The molecule has 0 radical (unpaired) electrons. The van der Waals surface area contributed by atoms with Crippen molar-refractivity contribution in [3.63, 3.8) is 0 Å². The minimum atomic E-state index is -0.218. The fourth-order valence-corrected chi connectivity index (χ4v) is 4.91. The van der Waals surface area contributed by atoms with Crippen LogP contribution in [0.15, 0.2) is 34.1 Å². The topological polar surface area (TPSA) is 79.6 Å². The minimum Gasteiger partial charge on any atom is -0.508 e. The Balaban J connectivity index is 1.80. The van der Waals surface area contributed by atoms with Crippen LogP contribution in [0.4, 0.5) is 5.82 Å². The summed E-state index contributed by atoms with van der Waals surface area (Å²) in [5.74, 6) is 0.911. The first-order valence-electron chi connectivity index (χ1n) is 8.83. The van der Waals surface area contributed by atoms with Crippen LogP contribution in [0.1, 0.15) is 56.0 Å². The van der Waals surface area contributed by atoms with Crippen molar-refractivity contribution in [2.75, 3.05) is 6.61 Å². The Morgan fingerprint density at radius 1 is 1.42 bits per heavy atom. The average Bonchev–Trinajstić information content (AvgIpc) is 2.90. The first-order chi connectivity index (χ1) is 12.3. The summed E-state index contributed by atoms with van der Waals surface area (Å²) >= 11 is 1.55. The largest absolute Gasteiger partial charge is 0.508 e. The standard InChI is InChI=1S/C19H23N3O3S/c1-11-20-17-15(16(26-11)12-5-4-6-14(23)9-12)18(24)21-22(17)13-7-8-25-19(2,3)10-13/h4-6,9,13,16,23H,7-8,10H2,1-3H3,(H,21,24)/t13-,16-/m0/s1. The number of aromatic hydroxyl groups is 1. The van der Waals surface area contributed by atoms with Gasteiger partial charge in [0.25, 0.3) is 5.56 Å². The fourth-order valence-electron chi connectivity index (χ4n) is 3.82. The number of phenols is 1. The predicted molar refractivity (Wildman–Crippen MR) is 104 cm³/mol. The number of phenolic OH excluding ortho intramolecular Hbond substituents is 1. The maximum Gasteiger partial charge on any atom is 0.271 e. The number of hydrogen-bond acceptors (Lipinski definition) is 5. The van der Waals surface area contributed by atoms with E-state index >= 15 is 0 Å². The Hall–Kier alpha value is -1.99. The number of benzene rings is 1. The number of aromatic amines is 1. The average molecular weight is 373 g/mol. The summed E-state index contributed by atoms with van der Waals surface area (Å²) in [4.78, 5) is 17.5. The molecule has 2 N–H and O–H groups in total. The van der Waals surface area contributed by atoms with E-state index in [1.54, 1.807) is 30.0 Å². The Morgan fingerprint density at radius 3 is 2.96 bits per heavy atom. The number of H-pyrrole nitrogens is 1. The molecule has 6 nitrogen and oxygen atoms in total. The Labute approximate surface area is 156 Å². The number of aromatic nitrogens is 2. The summed E-state index contributed by atoms with van der Waals surface area (Å²) in [5, 5.41) is 13.6. The second kappa shape index (κ2) is 6.32. The Bertz CT molecular complexity index is 928. The van der Waals surface area contributed by atoms with Gasteiger partial charge in [0.2, 0.25) is 0 Å². The van der Waals surface area contributed by atoms with Crippen molar-refractivity contribution in [1.29, 1.82) is 0 Å². The van der Waals surface area contributed by atoms with Crippen LogP contribution in [0.2, 0.25) is 0 Å². The number of ether oxygens (including phenoxy) is 1. The van der Waals surface area contributed by atoms with Gasteiger partial charge in [-0.25, -0.2) is 4.99 Å². The van der Waals surface area contributed by atoms with E-state index in [0.29, 0.717) is 18.0 Å². The molecule has 138 valence electrons. The molecular weight excluding hydrogens is 350 g/mol. The quantitative estimate of drug-likeness (QED) is 0.837. The lowest BCUT2D eigenvalue weighted by Crippen LogP contribution is -2.35. The lowest BCUT2D eigenvalue weighted by atomic mass is 9.94. The van der Waals surface area contributed by atoms with Crippen molar-refractivity contribution in [3.05, 3.63) is 45.7 Å². The molecule has 0 bridgehead atoms. The zero-order chi connectivity index (χ0) is 18.5. The van der Waals surface area contributed by atoms with Gasteiger partial charge in [0.15, 0.2) is 5.82 Å². The molecule has 0 spiro atoms. The molecule has 1 saturated heterocycles. The number of thioether (sulfide) groups is 1. The third-order valence-corrected chi connectivity index (χ3v) is 6.13. The number of hydrogen-bond donors (Lipinski definition) is 2. The van der Waals surface area contributed by atoms with E-state index in [4.69, 9.17) is 9.73 Å². The molecule has 2 atom stereocenters. The van der Waals surface area contributed by atoms with Gasteiger partial charge in [-0.2, -0.15) is 0 Å². The molecule has 2 aliphatic rings. The van der Waals surface area contributed by atoms with Crippen LogP contribution < -0.4 is 5.56 Å². The molecule has 4 rings (SSSR count). The number of rotatable bonds is 2. The highest BCUT2D eigenvalue weighted by Crippen LogP contribution is 2.45. The Kier molecular flexibility index (Phi) is 4.23. The number of nitrogens with one attached hydrogen (secondary N) is 1. The van der Waals surface area contributed by atoms with Crippen molar-refractivity contribution in [3.8, 4) is 5.75 Å². The predicted octanol–water partition coefficient (Wildman–Crippen LogP) is 3.90. The summed E-state index contributed by atoms with van der Waals surface area (Å²) in [5.41, 5.74) is 1.24. The van der Waals surface area contributed by atoms with Crippen molar-refractivity contribution >= 4 is 22.6 Å². The number of aliphatic imine (C=N–C) groups is 1. The van der Waals surface area contributed by atoms with Crippen LogP contribution >= 0.6 is 11.8 Å². The van der Waals surface area contributed by atoms with E-state index in [-0.39, 0.29) is 28.2 Å². The molecular formula is C19H23N3O3S. The summed E-state index contributed by atoms with van der Waals surface area (Å²) in [6.45, 7) is 6.78. The smallest absolute Gasteiger partial charge is 0.271 e. The lowest BCUT2D eigenvalue weighted by Gasteiger charge is -2.36. The van der Waals surface area contributed by atoms with Gasteiger partial charge in [-0.1, -0.05) is 23.9 Å². The van der Waals surface area contributed by atoms with Crippen LogP contribution in [-0.2, 0) is 4.74 Å².